The molecule has 1 aromatic rings. The summed E-state index contributed by atoms with van der Waals surface area (Å²) >= 11 is 0. The highest BCUT2D eigenvalue weighted by Gasteiger charge is 2.77. The second-order valence-corrected chi connectivity index (χ2v) is 9.12. The lowest BCUT2D eigenvalue weighted by atomic mass is 9.64. The summed E-state index contributed by atoms with van der Waals surface area (Å²) in [4.78, 5) is 43.2. The number of carbonyl (C=O) groups excluding carboxylic acids is 3. The average Bonchev–Trinajstić information content (AvgIpc) is 3.33. The Morgan fingerprint density at radius 1 is 1.23 bits per heavy atom. The van der Waals surface area contributed by atoms with Crippen LogP contribution in [0.15, 0.2) is 18.2 Å². The Morgan fingerprint density at radius 2 is 1.91 bits per heavy atom. The molecular weight excluding hydrogens is 473 g/mol. The summed E-state index contributed by atoms with van der Waals surface area (Å²) in [5, 5.41) is 0. The van der Waals surface area contributed by atoms with Gasteiger partial charge in [0.2, 0.25) is 11.8 Å². The molecule has 0 aliphatic carbocycles. The van der Waals surface area contributed by atoms with Crippen LogP contribution in [0.3, 0.4) is 0 Å². The standard InChI is InChI=1S/C23H23F3N2O7/c1-21-10-14(20(31)34-11-33-8-7-32-4)22(2,35-21)17-16(21)18(29)28(19(17)30)12-5-6-15(27-3)13(9-12)23(24,25)26/h5-6,9,14,16-17H,7-8,10-11H2,1-2,4H3/t14-,16+,17-,21?,22?/m1/s1. The number of rotatable bonds is 7. The molecule has 9 nitrogen and oxygen atoms in total. The normalized spacial score (nSPS) is 31.6. The molecule has 35 heavy (non-hydrogen) atoms. The molecule has 2 amide bonds. The van der Waals surface area contributed by atoms with Gasteiger partial charge < -0.3 is 18.9 Å². The fraction of sp³-hybridized carbons (Fsp3) is 0.565. The molecule has 5 atom stereocenters. The van der Waals surface area contributed by atoms with Gasteiger partial charge >= 0.3 is 12.1 Å². The van der Waals surface area contributed by atoms with Crippen LogP contribution in [0.1, 0.15) is 25.8 Å². The van der Waals surface area contributed by atoms with Crippen molar-refractivity contribution in [2.45, 2.75) is 37.6 Å². The molecule has 0 saturated carbocycles. The Morgan fingerprint density at radius 3 is 2.54 bits per heavy atom. The quantitative estimate of drug-likeness (QED) is 0.188. The molecule has 4 rings (SSSR count). The minimum Gasteiger partial charge on any atom is -0.438 e. The molecular formula is C23H23F3N2O7. The number of carbonyl (C=O) groups is 3. The lowest BCUT2D eigenvalue weighted by Crippen LogP contribution is -2.49. The Labute approximate surface area is 198 Å². The summed E-state index contributed by atoms with van der Waals surface area (Å²) in [6, 6.07) is 2.69. The van der Waals surface area contributed by atoms with Crippen LogP contribution in [0.25, 0.3) is 4.85 Å². The first-order chi connectivity index (χ1) is 16.4. The van der Waals surface area contributed by atoms with Gasteiger partial charge in [-0.3, -0.25) is 14.4 Å². The van der Waals surface area contributed by atoms with Gasteiger partial charge in [-0.25, -0.2) is 9.74 Å². The monoisotopic (exact) mass is 496 g/mol. The molecule has 0 spiro atoms. The summed E-state index contributed by atoms with van der Waals surface area (Å²) in [7, 11) is 1.49. The molecule has 0 N–H and O–H groups in total. The first-order valence-electron chi connectivity index (χ1n) is 10.8. The fourth-order valence-corrected chi connectivity index (χ4v) is 5.52. The predicted molar refractivity (Wildman–Crippen MR) is 112 cm³/mol. The second-order valence-electron chi connectivity index (χ2n) is 9.12. The molecule has 1 aromatic carbocycles. The van der Waals surface area contributed by atoms with E-state index in [1.807, 2.05) is 0 Å². The van der Waals surface area contributed by atoms with E-state index < -0.39 is 64.2 Å². The first kappa shape index (κ1) is 25.1. The van der Waals surface area contributed by atoms with Crippen molar-refractivity contribution in [2.75, 3.05) is 32.0 Å². The summed E-state index contributed by atoms with van der Waals surface area (Å²) in [5.41, 5.74) is -4.75. The van der Waals surface area contributed by atoms with Crippen LogP contribution in [0.2, 0.25) is 0 Å². The summed E-state index contributed by atoms with van der Waals surface area (Å²) in [6.07, 6.45) is -4.75. The maximum Gasteiger partial charge on any atom is 0.407 e. The number of halogens is 3. The SMILES string of the molecule is [C-]#[N+]c1ccc(N2C(=O)[C@@H]3[C@H](C2=O)C2(C)OC3(C)C[C@@H]2C(=O)OCOCCOC)cc1C(F)(F)F. The molecule has 0 radical (unpaired) electrons. The van der Waals surface area contributed by atoms with Crippen LogP contribution in [-0.2, 0) is 39.5 Å². The number of methoxy groups -OCH3 is 1. The summed E-state index contributed by atoms with van der Waals surface area (Å²) in [5.74, 6) is -5.07. The van der Waals surface area contributed by atoms with Gasteiger partial charge in [-0.1, -0.05) is 6.07 Å². The van der Waals surface area contributed by atoms with E-state index >= 15 is 0 Å². The molecule has 3 saturated heterocycles. The number of amides is 2. The number of esters is 1. The maximum atomic E-state index is 13.5. The van der Waals surface area contributed by atoms with Gasteiger partial charge in [-0.2, -0.15) is 13.2 Å². The molecule has 0 aromatic heterocycles. The van der Waals surface area contributed by atoms with E-state index in [9.17, 15) is 27.6 Å². The van der Waals surface area contributed by atoms with Gasteiger partial charge in [0.25, 0.3) is 0 Å². The Bertz CT molecular complexity index is 1120. The van der Waals surface area contributed by atoms with Crippen LogP contribution in [0.4, 0.5) is 24.5 Å². The highest BCUT2D eigenvalue weighted by molar-refractivity contribution is 6.23. The number of anilines is 1. The number of nitrogens with zero attached hydrogens (tertiary/aromatic N) is 2. The van der Waals surface area contributed by atoms with Gasteiger partial charge in [0.15, 0.2) is 12.5 Å². The minimum atomic E-state index is -4.85. The molecule has 3 heterocycles. The number of ether oxygens (including phenoxy) is 4. The van der Waals surface area contributed by atoms with E-state index in [-0.39, 0.29) is 25.5 Å². The number of fused-ring (bicyclic) bond motifs is 5. The number of hydrogen-bond acceptors (Lipinski definition) is 7. The van der Waals surface area contributed by atoms with Crippen molar-refractivity contribution in [3.8, 4) is 0 Å². The Hall–Kier alpha value is -3.01. The second kappa shape index (κ2) is 8.58. The molecule has 2 unspecified atom stereocenters. The van der Waals surface area contributed by atoms with Gasteiger partial charge in [-0.05, 0) is 32.4 Å². The zero-order valence-corrected chi connectivity index (χ0v) is 19.2. The third kappa shape index (κ3) is 3.87. The van der Waals surface area contributed by atoms with E-state index in [0.29, 0.717) is 17.6 Å². The van der Waals surface area contributed by atoms with Crippen molar-refractivity contribution < 1.29 is 46.5 Å². The van der Waals surface area contributed by atoms with Crippen molar-refractivity contribution >= 4 is 29.2 Å². The highest BCUT2D eigenvalue weighted by Crippen LogP contribution is 2.63. The number of benzene rings is 1. The van der Waals surface area contributed by atoms with Gasteiger partial charge in [0.1, 0.15) is 0 Å². The number of alkyl halides is 3. The molecule has 3 fully saturated rings. The van der Waals surface area contributed by atoms with Crippen molar-refractivity contribution in [2.24, 2.45) is 17.8 Å². The lowest BCUT2D eigenvalue weighted by molar-refractivity contribution is -0.169. The smallest absolute Gasteiger partial charge is 0.407 e. The molecule has 3 aliphatic rings. The van der Waals surface area contributed by atoms with E-state index in [4.69, 9.17) is 25.5 Å². The van der Waals surface area contributed by atoms with Crippen LogP contribution >= 0.6 is 0 Å². The zero-order valence-electron chi connectivity index (χ0n) is 19.2. The van der Waals surface area contributed by atoms with Crippen molar-refractivity contribution in [1.29, 1.82) is 0 Å². The first-order valence-corrected chi connectivity index (χ1v) is 10.8. The zero-order chi connectivity index (χ0) is 25.8. The van der Waals surface area contributed by atoms with E-state index in [1.54, 1.807) is 13.8 Å². The molecule has 2 bridgehead atoms. The van der Waals surface area contributed by atoms with Crippen LogP contribution in [0, 0.1) is 24.3 Å². The molecule has 188 valence electrons. The van der Waals surface area contributed by atoms with Crippen LogP contribution in [-0.4, -0.2) is 56.1 Å². The number of hydrogen-bond donors (Lipinski definition) is 0. The van der Waals surface area contributed by atoms with E-state index in [2.05, 4.69) is 4.85 Å². The highest BCUT2D eigenvalue weighted by atomic mass is 19.4. The molecule has 3 aliphatic heterocycles. The largest absolute Gasteiger partial charge is 0.438 e. The Balaban J connectivity index is 1.61. The van der Waals surface area contributed by atoms with Crippen LogP contribution < -0.4 is 4.90 Å². The summed E-state index contributed by atoms with van der Waals surface area (Å²) < 4.78 is 61.7. The topological polar surface area (TPSA) is 95.7 Å². The van der Waals surface area contributed by atoms with E-state index in [0.717, 1.165) is 12.1 Å². The Kier molecular flexibility index (Phi) is 6.15. The van der Waals surface area contributed by atoms with Crippen LogP contribution in [0.5, 0.6) is 0 Å². The predicted octanol–water partition coefficient (Wildman–Crippen LogP) is 3.09. The minimum absolute atomic E-state index is 0.0961. The van der Waals surface area contributed by atoms with Gasteiger partial charge in [0, 0.05) is 12.8 Å². The van der Waals surface area contributed by atoms with E-state index in [1.165, 1.54) is 7.11 Å². The maximum absolute atomic E-state index is 13.5. The molecule has 12 heteroatoms. The van der Waals surface area contributed by atoms with Gasteiger partial charge in [0.05, 0.1) is 54.3 Å². The van der Waals surface area contributed by atoms with Crippen molar-refractivity contribution in [1.82, 2.24) is 0 Å². The number of imide groups is 1. The summed E-state index contributed by atoms with van der Waals surface area (Å²) in [6.45, 7) is 10.3. The average molecular weight is 496 g/mol. The lowest BCUT2D eigenvalue weighted by Gasteiger charge is -2.33. The van der Waals surface area contributed by atoms with Crippen molar-refractivity contribution in [3.63, 3.8) is 0 Å². The third-order valence-electron chi connectivity index (χ3n) is 7.00. The van der Waals surface area contributed by atoms with Gasteiger partial charge in [-0.15, -0.1) is 0 Å². The van der Waals surface area contributed by atoms with Crippen molar-refractivity contribution in [3.05, 3.63) is 35.2 Å². The fourth-order valence-electron chi connectivity index (χ4n) is 5.52. The third-order valence-corrected chi connectivity index (χ3v) is 7.00.